The van der Waals surface area contributed by atoms with E-state index in [1.54, 1.807) is 11.3 Å². The highest BCUT2D eigenvalue weighted by atomic mass is 32.1. The van der Waals surface area contributed by atoms with Crippen molar-refractivity contribution in [2.45, 2.75) is 25.9 Å². The van der Waals surface area contributed by atoms with Crippen LogP contribution in [0.25, 0.3) is 0 Å². The Balaban J connectivity index is 2.28. The van der Waals surface area contributed by atoms with Gasteiger partial charge in [0, 0.05) is 4.88 Å². The molecule has 0 saturated heterocycles. The quantitative estimate of drug-likeness (QED) is 0.710. The molecule has 56 valence electrons. The van der Waals surface area contributed by atoms with Gasteiger partial charge in [0.05, 0.1) is 6.10 Å². The van der Waals surface area contributed by atoms with Crippen LogP contribution in [0.2, 0.25) is 0 Å². The highest BCUT2D eigenvalue weighted by Gasteiger charge is 1.97. The van der Waals surface area contributed by atoms with Crippen molar-refractivity contribution in [1.82, 2.24) is 0 Å². The van der Waals surface area contributed by atoms with Gasteiger partial charge in [-0.3, -0.25) is 0 Å². The fourth-order valence-corrected chi connectivity index (χ4v) is 1.53. The summed E-state index contributed by atoms with van der Waals surface area (Å²) in [5.41, 5.74) is 0. The molecule has 0 spiro atoms. The molecular weight excluding hydrogens is 144 g/mol. The summed E-state index contributed by atoms with van der Waals surface area (Å²) in [7, 11) is 0. The van der Waals surface area contributed by atoms with Crippen LogP contribution in [-0.4, -0.2) is 11.2 Å². The van der Waals surface area contributed by atoms with Crippen molar-refractivity contribution >= 4 is 11.3 Å². The predicted molar refractivity (Wildman–Crippen MR) is 44.3 cm³/mol. The van der Waals surface area contributed by atoms with Gasteiger partial charge in [-0.2, -0.15) is 0 Å². The van der Waals surface area contributed by atoms with Crippen LogP contribution in [0.3, 0.4) is 0 Å². The van der Waals surface area contributed by atoms with Gasteiger partial charge in [-0.25, -0.2) is 0 Å². The van der Waals surface area contributed by atoms with Crippen molar-refractivity contribution in [2.24, 2.45) is 0 Å². The number of aryl methyl sites for hydroxylation is 1. The molecule has 10 heavy (non-hydrogen) atoms. The van der Waals surface area contributed by atoms with E-state index in [9.17, 15) is 0 Å². The topological polar surface area (TPSA) is 20.2 Å². The van der Waals surface area contributed by atoms with Crippen molar-refractivity contribution in [3.8, 4) is 0 Å². The molecule has 0 aliphatic carbocycles. The minimum Gasteiger partial charge on any atom is -0.393 e. The third-order valence-corrected chi connectivity index (χ3v) is 2.32. The Morgan fingerprint density at radius 3 is 3.00 bits per heavy atom. The Bertz CT molecular complexity index is 167. The maximum atomic E-state index is 8.96. The van der Waals surface area contributed by atoms with E-state index in [0.29, 0.717) is 0 Å². The summed E-state index contributed by atoms with van der Waals surface area (Å²) in [6.45, 7) is 1.83. The van der Waals surface area contributed by atoms with Gasteiger partial charge in [-0.1, -0.05) is 6.07 Å². The number of thiophene rings is 1. The molecule has 1 aromatic heterocycles. The van der Waals surface area contributed by atoms with E-state index in [1.165, 1.54) is 4.88 Å². The Morgan fingerprint density at radius 2 is 2.50 bits per heavy atom. The SMILES string of the molecule is C[C@H](O)CCc1cccs1. The first-order valence-electron chi connectivity index (χ1n) is 3.49. The first-order chi connectivity index (χ1) is 4.79. The molecule has 1 nitrogen and oxygen atoms in total. The summed E-state index contributed by atoms with van der Waals surface area (Å²) in [4.78, 5) is 1.36. The van der Waals surface area contributed by atoms with Crippen molar-refractivity contribution in [3.63, 3.8) is 0 Å². The maximum Gasteiger partial charge on any atom is 0.0515 e. The molecular formula is C8H12OS. The summed E-state index contributed by atoms with van der Waals surface area (Å²) >= 11 is 1.75. The normalized spacial score (nSPS) is 13.4. The lowest BCUT2D eigenvalue weighted by Gasteiger charge is -1.99. The highest BCUT2D eigenvalue weighted by molar-refractivity contribution is 7.09. The molecule has 0 aliphatic heterocycles. The lowest BCUT2D eigenvalue weighted by molar-refractivity contribution is 0.185. The first kappa shape index (κ1) is 7.76. The fourth-order valence-electron chi connectivity index (χ4n) is 0.806. The molecule has 1 aromatic rings. The summed E-state index contributed by atoms with van der Waals surface area (Å²) in [6.07, 6.45) is 1.72. The fraction of sp³-hybridized carbons (Fsp3) is 0.500. The van der Waals surface area contributed by atoms with E-state index in [2.05, 4.69) is 11.4 Å². The van der Waals surface area contributed by atoms with Gasteiger partial charge in [0.2, 0.25) is 0 Å². The van der Waals surface area contributed by atoms with Gasteiger partial charge >= 0.3 is 0 Å². The van der Waals surface area contributed by atoms with Crippen LogP contribution in [0, 0.1) is 0 Å². The van der Waals surface area contributed by atoms with E-state index in [1.807, 2.05) is 13.0 Å². The monoisotopic (exact) mass is 156 g/mol. The van der Waals surface area contributed by atoms with Crippen LogP contribution in [-0.2, 0) is 6.42 Å². The van der Waals surface area contributed by atoms with E-state index in [4.69, 9.17) is 5.11 Å². The van der Waals surface area contributed by atoms with Crippen LogP contribution in [0.15, 0.2) is 17.5 Å². The molecule has 1 heterocycles. The van der Waals surface area contributed by atoms with Crippen molar-refractivity contribution in [3.05, 3.63) is 22.4 Å². The van der Waals surface area contributed by atoms with Crippen molar-refractivity contribution in [2.75, 3.05) is 0 Å². The molecule has 0 fully saturated rings. The van der Waals surface area contributed by atoms with Crippen molar-refractivity contribution < 1.29 is 5.11 Å². The second-order valence-corrected chi connectivity index (χ2v) is 3.50. The van der Waals surface area contributed by atoms with Gasteiger partial charge in [0.25, 0.3) is 0 Å². The zero-order valence-electron chi connectivity index (χ0n) is 6.08. The Kier molecular flexibility index (Phi) is 2.90. The minimum atomic E-state index is -0.165. The summed E-state index contributed by atoms with van der Waals surface area (Å²) < 4.78 is 0. The molecule has 0 unspecified atom stereocenters. The second-order valence-electron chi connectivity index (χ2n) is 2.47. The molecule has 0 radical (unpaired) electrons. The van der Waals surface area contributed by atoms with Crippen molar-refractivity contribution in [1.29, 1.82) is 0 Å². The Hall–Kier alpha value is -0.340. The number of hydrogen-bond donors (Lipinski definition) is 1. The molecule has 1 N–H and O–H groups in total. The predicted octanol–water partition coefficient (Wildman–Crippen LogP) is 2.06. The van der Waals surface area contributed by atoms with Crippen LogP contribution < -0.4 is 0 Å². The average molecular weight is 156 g/mol. The zero-order chi connectivity index (χ0) is 7.40. The zero-order valence-corrected chi connectivity index (χ0v) is 6.90. The molecule has 2 heteroatoms. The summed E-state index contributed by atoms with van der Waals surface area (Å²) in [6, 6.07) is 4.15. The second kappa shape index (κ2) is 3.74. The molecule has 0 aliphatic rings. The third-order valence-electron chi connectivity index (χ3n) is 1.39. The smallest absolute Gasteiger partial charge is 0.0515 e. The number of aliphatic hydroxyl groups is 1. The van der Waals surface area contributed by atoms with Gasteiger partial charge in [0.15, 0.2) is 0 Å². The van der Waals surface area contributed by atoms with Crippen LogP contribution in [0.5, 0.6) is 0 Å². The summed E-state index contributed by atoms with van der Waals surface area (Å²) in [5.74, 6) is 0. The van der Waals surface area contributed by atoms with Crippen LogP contribution in [0.4, 0.5) is 0 Å². The minimum absolute atomic E-state index is 0.165. The molecule has 0 amide bonds. The Morgan fingerprint density at radius 1 is 1.70 bits per heavy atom. The van der Waals surface area contributed by atoms with E-state index in [0.717, 1.165) is 12.8 Å². The molecule has 0 bridgehead atoms. The summed E-state index contributed by atoms with van der Waals surface area (Å²) in [5, 5.41) is 11.0. The van der Waals surface area contributed by atoms with Gasteiger partial charge < -0.3 is 5.11 Å². The van der Waals surface area contributed by atoms with E-state index < -0.39 is 0 Å². The largest absolute Gasteiger partial charge is 0.393 e. The highest BCUT2D eigenvalue weighted by Crippen LogP contribution is 2.11. The number of rotatable bonds is 3. The Labute approximate surface area is 65.3 Å². The standard InChI is InChI=1S/C8H12OS/c1-7(9)4-5-8-3-2-6-10-8/h2-3,6-7,9H,4-5H2,1H3/t7-/m0/s1. The molecule has 0 aromatic carbocycles. The average Bonchev–Trinajstić information content (AvgIpc) is 2.34. The lowest BCUT2D eigenvalue weighted by Crippen LogP contribution is -1.99. The van der Waals surface area contributed by atoms with Gasteiger partial charge in [0.1, 0.15) is 0 Å². The van der Waals surface area contributed by atoms with Gasteiger partial charge in [-0.05, 0) is 31.2 Å². The van der Waals surface area contributed by atoms with Crippen LogP contribution >= 0.6 is 11.3 Å². The van der Waals surface area contributed by atoms with Crippen LogP contribution in [0.1, 0.15) is 18.2 Å². The maximum absolute atomic E-state index is 8.96. The lowest BCUT2D eigenvalue weighted by atomic mass is 10.2. The number of hydrogen-bond acceptors (Lipinski definition) is 2. The third kappa shape index (κ3) is 2.50. The molecule has 1 rings (SSSR count). The number of aliphatic hydroxyl groups excluding tert-OH is 1. The first-order valence-corrected chi connectivity index (χ1v) is 4.37. The van der Waals surface area contributed by atoms with Gasteiger partial charge in [-0.15, -0.1) is 11.3 Å². The van der Waals surface area contributed by atoms with E-state index in [-0.39, 0.29) is 6.10 Å². The molecule has 1 atom stereocenters. The molecule has 0 saturated carbocycles. The van der Waals surface area contributed by atoms with E-state index >= 15 is 0 Å².